The lowest BCUT2D eigenvalue weighted by Crippen LogP contribution is -2.27. The highest BCUT2D eigenvalue weighted by Crippen LogP contribution is 2.14. The molecule has 0 spiro atoms. The van der Waals surface area contributed by atoms with Gasteiger partial charge in [-0.1, -0.05) is 0 Å². The zero-order valence-corrected chi connectivity index (χ0v) is 4.69. The number of hydrogen-bond donors (Lipinski definition) is 4. The number of nitrogens with two attached hydrogens (primary N) is 3. The minimum Gasteiger partial charge on any atom is -0.318 e. The molecular weight excluding hydrogens is 115 g/mol. The lowest BCUT2D eigenvalue weighted by atomic mass is 11.3. The van der Waals surface area contributed by atoms with Gasteiger partial charge in [0, 0.05) is 0 Å². The van der Waals surface area contributed by atoms with Crippen molar-refractivity contribution in [3.8, 4) is 0 Å². The van der Waals surface area contributed by atoms with Gasteiger partial charge in [0.1, 0.15) is 0 Å². The summed E-state index contributed by atoms with van der Waals surface area (Å²) in [6.45, 7) is 0.0459. The van der Waals surface area contributed by atoms with Gasteiger partial charge in [0.25, 0.3) is 7.59 Å². The standard InChI is InChI=1S/CH9N4OP/c2-1-5-7(3,4)6/h1-2H2,(H5,3,4,5,6). The Morgan fingerprint density at radius 3 is 2.00 bits per heavy atom. The third kappa shape index (κ3) is 6.07. The van der Waals surface area contributed by atoms with Crippen LogP contribution in [-0.4, -0.2) is 6.67 Å². The van der Waals surface area contributed by atoms with Crippen LogP contribution in [0.5, 0.6) is 0 Å². The number of nitrogens with one attached hydrogen (secondary N) is 1. The highest BCUT2D eigenvalue weighted by Gasteiger charge is 2.01. The van der Waals surface area contributed by atoms with Crippen molar-refractivity contribution >= 4 is 7.59 Å². The third-order valence-corrected chi connectivity index (χ3v) is 1.02. The van der Waals surface area contributed by atoms with Crippen LogP contribution in [0, 0.1) is 0 Å². The van der Waals surface area contributed by atoms with E-state index in [4.69, 9.17) is 16.7 Å². The summed E-state index contributed by atoms with van der Waals surface area (Å²) in [5.74, 6) is 0. The van der Waals surface area contributed by atoms with Gasteiger partial charge in [-0.3, -0.25) is 15.6 Å². The first kappa shape index (κ1) is 7.07. The molecule has 0 rings (SSSR count). The van der Waals surface area contributed by atoms with Crippen LogP contribution in [0.25, 0.3) is 0 Å². The van der Waals surface area contributed by atoms with E-state index in [2.05, 4.69) is 5.09 Å². The van der Waals surface area contributed by atoms with E-state index >= 15 is 0 Å². The van der Waals surface area contributed by atoms with E-state index < -0.39 is 7.59 Å². The Kier molecular flexibility index (Phi) is 2.42. The maximum Gasteiger partial charge on any atom is 0.274 e. The molecule has 0 aliphatic heterocycles. The molecule has 0 saturated carbocycles. The van der Waals surface area contributed by atoms with Crippen LogP contribution in [0.1, 0.15) is 0 Å². The van der Waals surface area contributed by atoms with Crippen molar-refractivity contribution in [2.45, 2.75) is 0 Å². The Hall–Kier alpha value is 0.0700. The molecule has 6 heteroatoms. The predicted molar refractivity (Wildman–Crippen MR) is 28.2 cm³/mol. The van der Waals surface area contributed by atoms with Gasteiger partial charge < -0.3 is 5.73 Å². The quantitative estimate of drug-likeness (QED) is 0.265. The second-order valence-corrected chi connectivity index (χ2v) is 2.81. The van der Waals surface area contributed by atoms with Crippen molar-refractivity contribution in [3.63, 3.8) is 0 Å². The molecule has 44 valence electrons. The molecule has 0 amide bonds. The zero-order valence-electron chi connectivity index (χ0n) is 3.79. The maximum atomic E-state index is 10.2. The minimum atomic E-state index is -3.04. The van der Waals surface area contributed by atoms with Gasteiger partial charge >= 0.3 is 0 Å². The Bertz CT molecular complexity index is 85.7. The van der Waals surface area contributed by atoms with Crippen molar-refractivity contribution in [2.75, 3.05) is 6.67 Å². The summed E-state index contributed by atoms with van der Waals surface area (Å²) in [4.78, 5) is 0. The molecule has 0 heterocycles. The Balaban J connectivity index is 3.36. The van der Waals surface area contributed by atoms with Crippen LogP contribution in [0.15, 0.2) is 0 Å². The number of hydrogen-bond acceptors (Lipinski definition) is 2. The van der Waals surface area contributed by atoms with Crippen molar-refractivity contribution < 1.29 is 4.57 Å². The van der Waals surface area contributed by atoms with E-state index in [0.29, 0.717) is 0 Å². The van der Waals surface area contributed by atoms with E-state index in [1.54, 1.807) is 0 Å². The van der Waals surface area contributed by atoms with Gasteiger partial charge in [-0.15, -0.1) is 0 Å². The molecule has 0 atom stereocenters. The fourth-order valence-corrected chi connectivity index (χ4v) is 0.428. The van der Waals surface area contributed by atoms with E-state index in [9.17, 15) is 4.57 Å². The lowest BCUT2D eigenvalue weighted by molar-refractivity contribution is 0.567. The molecule has 0 aromatic heterocycles. The van der Waals surface area contributed by atoms with Crippen molar-refractivity contribution in [1.29, 1.82) is 0 Å². The average Bonchev–Trinajstić information content (AvgIpc) is 1.30. The Morgan fingerprint density at radius 2 is 2.00 bits per heavy atom. The normalized spacial score (nSPS) is 11.9. The average molecular weight is 124 g/mol. The van der Waals surface area contributed by atoms with Gasteiger partial charge in [0.05, 0.1) is 6.67 Å². The second-order valence-electron chi connectivity index (χ2n) is 1.07. The number of rotatable bonds is 2. The first-order valence-electron chi connectivity index (χ1n) is 1.68. The molecule has 7 N–H and O–H groups in total. The van der Waals surface area contributed by atoms with Crippen LogP contribution in [0.4, 0.5) is 0 Å². The Labute approximate surface area is 41.8 Å². The second kappa shape index (κ2) is 2.40. The summed E-state index contributed by atoms with van der Waals surface area (Å²) in [7, 11) is -3.04. The molecule has 0 unspecified atom stereocenters. The van der Waals surface area contributed by atoms with Gasteiger partial charge in [0.2, 0.25) is 0 Å². The van der Waals surface area contributed by atoms with Gasteiger partial charge in [-0.05, 0) is 0 Å². The first-order valence-corrected chi connectivity index (χ1v) is 3.53. The van der Waals surface area contributed by atoms with Crippen LogP contribution >= 0.6 is 7.59 Å². The van der Waals surface area contributed by atoms with E-state index in [0.717, 1.165) is 0 Å². The molecule has 0 aromatic rings. The third-order valence-electron chi connectivity index (χ3n) is 0.338. The summed E-state index contributed by atoms with van der Waals surface area (Å²) in [5.41, 5.74) is 14.4. The molecule has 0 aliphatic rings. The lowest BCUT2D eigenvalue weighted by Gasteiger charge is -2.03. The molecule has 0 bridgehead atoms. The topological polar surface area (TPSA) is 107 Å². The van der Waals surface area contributed by atoms with Crippen molar-refractivity contribution in [2.24, 2.45) is 16.7 Å². The summed E-state index contributed by atoms with van der Waals surface area (Å²) in [5, 5.41) is 2.17. The molecule has 0 aromatic carbocycles. The van der Waals surface area contributed by atoms with Crippen molar-refractivity contribution in [3.05, 3.63) is 0 Å². The van der Waals surface area contributed by atoms with E-state index in [1.165, 1.54) is 0 Å². The summed E-state index contributed by atoms with van der Waals surface area (Å²) < 4.78 is 10.2. The zero-order chi connectivity index (χ0) is 5.91. The maximum absolute atomic E-state index is 10.2. The van der Waals surface area contributed by atoms with Gasteiger partial charge in [-0.2, -0.15) is 0 Å². The monoisotopic (exact) mass is 124 g/mol. The van der Waals surface area contributed by atoms with Crippen LogP contribution < -0.4 is 21.8 Å². The largest absolute Gasteiger partial charge is 0.318 e. The van der Waals surface area contributed by atoms with E-state index in [-0.39, 0.29) is 6.67 Å². The van der Waals surface area contributed by atoms with Gasteiger partial charge in [-0.25, -0.2) is 5.09 Å². The summed E-state index contributed by atoms with van der Waals surface area (Å²) in [6.07, 6.45) is 0. The molecule has 0 aliphatic carbocycles. The first-order chi connectivity index (χ1) is 3.06. The molecule has 7 heavy (non-hydrogen) atoms. The molecule has 5 nitrogen and oxygen atoms in total. The van der Waals surface area contributed by atoms with Crippen LogP contribution in [0.3, 0.4) is 0 Å². The molecule has 0 radical (unpaired) electrons. The SMILES string of the molecule is NCNP(N)(N)=O. The summed E-state index contributed by atoms with van der Waals surface area (Å²) >= 11 is 0. The highest BCUT2D eigenvalue weighted by molar-refractivity contribution is 7.56. The molecular formula is CH9N4OP. The van der Waals surface area contributed by atoms with Crippen LogP contribution in [0.2, 0.25) is 0 Å². The van der Waals surface area contributed by atoms with Gasteiger partial charge in [0.15, 0.2) is 0 Å². The van der Waals surface area contributed by atoms with E-state index in [1.807, 2.05) is 0 Å². The minimum absolute atomic E-state index is 0.0459. The fraction of sp³-hybridized carbons (Fsp3) is 1.00. The highest BCUT2D eigenvalue weighted by atomic mass is 31.2. The van der Waals surface area contributed by atoms with Crippen LogP contribution in [-0.2, 0) is 4.57 Å². The Morgan fingerprint density at radius 1 is 1.57 bits per heavy atom. The molecule has 0 fully saturated rings. The smallest absolute Gasteiger partial charge is 0.274 e. The predicted octanol–water partition coefficient (Wildman–Crippen LogP) is -1.48. The van der Waals surface area contributed by atoms with Crippen molar-refractivity contribution in [1.82, 2.24) is 5.09 Å². The fourth-order valence-electron chi connectivity index (χ4n) is 0.143. The molecule has 0 saturated heterocycles. The summed E-state index contributed by atoms with van der Waals surface area (Å²) in [6, 6.07) is 0.